The maximum Gasteiger partial charge on any atom is 0.242 e. The van der Waals surface area contributed by atoms with Crippen LogP contribution in [0.15, 0.2) is 42.5 Å². The van der Waals surface area contributed by atoms with Gasteiger partial charge >= 0.3 is 0 Å². The lowest BCUT2D eigenvalue weighted by atomic mass is 10.0. The molecule has 0 aliphatic rings. The molecule has 1 atom stereocenters. The molecule has 30 heavy (non-hydrogen) atoms. The van der Waals surface area contributed by atoms with E-state index < -0.39 is 6.04 Å². The molecule has 0 bridgehead atoms. The van der Waals surface area contributed by atoms with E-state index in [9.17, 15) is 9.59 Å². The largest absolute Gasteiger partial charge is 0.497 e. The van der Waals surface area contributed by atoms with Gasteiger partial charge in [0.25, 0.3) is 0 Å². The number of hydrogen-bond acceptors (Lipinski definition) is 3. The first-order chi connectivity index (χ1) is 14.0. The molecule has 2 aromatic rings. The highest BCUT2D eigenvalue weighted by molar-refractivity contribution is 5.88. The summed E-state index contributed by atoms with van der Waals surface area (Å²) in [4.78, 5) is 27.8. The number of carbonyl (C=O) groups excluding carboxylic acids is 2. The first-order valence-corrected chi connectivity index (χ1v) is 10.3. The van der Waals surface area contributed by atoms with E-state index >= 15 is 0 Å². The maximum absolute atomic E-state index is 13.3. The number of carbonyl (C=O) groups is 2. The molecular formula is C25H34N2O3. The van der Waals surface area contributed by atoms with Crippen LogP contribution in [0.1, 0.15) is 49.9 Å². The molecule has 0 unspecified atom stereocenters. The highest BCUT2D eigenvalue weighted by Gasteiger charge is 2.28. The monoisotopic (exact) mass is 410 g/mol. The van der Waals surface area contributed by atoms with Gasteiger partial charge in [-0.3, -0.25) is 9.59 Å². The van der Waals surface area contributed by atoms with Crippen LogP contribution in [0.3, 0.4) is 0 Å². The zero-order valence-electron chi connectivity index (χ0n) is 19.2. The molecule has 0 aliphatic carbocycles. The van der Waals surface area contributed by atoms with Crippen LogP contribution in [0.2, 0.25) is 0 Å². The number of benzene rings is 2. The summed E-state index contributed by atoms with van der Waals surface area (Å²) in [6.45, 7) is 12.0. The topological polar surface area (TPSA) is 58.6 Å². The molecule has 0 saturated carbocycles. The molecule has 0 saturated heterocycles. The van der Waals surface area contributed by atoms with E-state index in [0.29, 0.717) is 6.54 Å². The fraction of sp³-hybridized carbons (Fsp3) is 0.440. The van der Waals surface area contributed by atoms with E-state index in [1.807, 2.05) is 70.2 Å². The van der Waals surface area contributed by atoms with Crippen molar-refractivity contribution in [2.24, 2.45) is 0 Å². The number of methoxy groups -OCH3 is 1. The summed E-state index contributed by atoms with van der Waals surface area (Å²) in [6, 6.07) is 13.0. The summed E-state index contributed by atoms with van der Waals surface area (Å²) in [5.74, 6) is 0.470. The van der Waals surface area contributed by atoms with Gasteiger partial charge < -0.3 is 15.0 Å². The van der Waals surface area contributed by atoms with Crippen LogP contribution in [-0.2, 0) is 22.6 Å². The van der Waals surface area contributed by atoms with E-state index in [2.05, 4.69) is 12.2 Å². The third-order valence-electron chi connectivity index (χ3n) is 5.08. The Morgan fingerprint density at radius 3 is 2.33 bits per heavy atom. The Hall–Kier alpha value is -2.82. The van der Waals surface area contributed by atoms with Crippen molar-refractivity contribution in [1.29, 1.82) is 0 Å². The molecule has 0 heterocycles. The number of aryl methyl sites for hydroxylation is 2. The Labute approximate surface area is 180 Å². The van der Waals surface area contributed by atoms with Crippen molar-refractivity contribution in [3.63, 3.8) is 0 Å². The Morgan fingerprint density at radius 2 is 1.73 bits per heavy atom. The van der Waals surface area contributed by atoms with Gasteiger partial charge in [0.1, 0.15) is 11.8 Å². The van der Waals surface area contributed by atoms with E-state index in [4.69, 9.17) is 4.74 Å². The van der Waals surface area contributed by atoms with Gasteiger partial charge in [-0.1, -0.05) is 30.3 Å². The second-order valence-corrected chi connectivity index (χ2v) is 8.88. The SMILES string of the molecule is COc1cccc(CN(C(=O)Cc2ccc(C)c(C)c2)[C@H](C)C(=O)NC(C)(C)C)c1. The van der Waals surface area contributed by atoms with E-state index in [-0.39, 0.29) is 23.8 Å². The van der Waals surface area contributed by atoms with Crippen LogP contribution in [0, 0.1) is 13.8 Å². The molecule has 2 aromatic carbocycles. The lowest BCUT2D eigenvalue weighted by Crippen LogP contribution is -2.52. The van der Waals surface area contributed by atoms with Crippen molar-refractivity contribution >= 4 is 11.8 Å². The fourth-order valence-corrected chi connectivity index (χ4v) is 3.21. The standard InChI is InChI=1S/C25H34N2O3/c1-17-11-12-20(13-18(17)2)15-23(28)27(19(3)24(29)26-25(4,5)6)16-21-9-8-10-22(14-21)30-7/h8-14,19H,15-16H2,1-7H3,(H,26,29)/t19-/m1/s1. The van der Waals surface area contributed by atoms with Gasteiger partial charge in [-0.05, 0) is 75.9 Å². The minimum atomic E-state index is -0.602. The van der Waals surface area contributed by atoms with E-state index in [0.717, 1.165) is 22.4 Å². The average Bonchev–Trinajstić information content (AvgIpc) is 2.67. The lowest BCUT2D eigenvalue weighted by molar-refractivity contribution is -0.140. The lowest BCUT2D eigenvalue weighted by Gasteiger charge is -2.31. The van der Waals surface area contributed by atoms with Crippen LogP contribution < -0.4 is 10.1 Å². The highest BCUT2D eigenvalue weighted by Crippen LogP contribution is 2.18. The van der Waals surface area contributed by atoms with Crippen molar-refractivity contribution in [2.45, 2.75) is 66.1 Å². The van der Waals surface area contributed by atoms with Gasteiger partial charge in [0.05, 0.1) is 13.5 Å². The quantitative estimate of drug-likeness (QED) is 0.745. The normalized spacial score (nSPS) is 12.2. The summed E-state index contributed by atoms with van der Waals surface area (Å²) >= 11 is 0. The molecule has 162 valence electrons. The number of amides is 2. The molecule has 0 fully saturated rings. The van der Waals surface area contributed by atoms with Crippen LogP contribution in [0.5, 0.6) is 5.75 Å². The Bertz CT molecular complexity index is 900. The van der Waals surface area contributed by atoms with Gasteiger partial charge in [0.15, 0.2) is 0 Å². The molecule has 0 spiro atoms. The van der Waals surface area contributed by atoms with E-state index in [1.165, 1.54) is 5.56 Å². The molecule has 0 radical (unpaired) electrons. The molecule has 0 aromatic heterocycles. The third kappa shape index (κ3) is 6.61. The molecule has 2 rings (SSSR count). The first-order valence-electron chi connectivity index (χ1n) is 10.3. The Balaban J connectivity index is 2.29. The third-order valence-corrected chi connectivity index (χ3v) is 5.08. The first kappa shape index (κ1) is 23.5. The number of hydrogen-bond donors (Lipinski definition) is 1. The summed E-state index contributed by atoms with van der Waals surface area (Å²) < 4.78 is 5.31. The predicted octanol–water partition coefficient (Wildman–Crippen LogP) is 4.19. The molecule has 5 heteroatoms. The molecule has 0 aliphatic heterocycles. The number of nitrogens with zero attached hydrogens (tertiary/aromatic N) is 1. The fourth-order valence-electron chi connectivity index (χ4n) is 3.21. The van der Waals surface area contributed by atoms with Crippen LogP contribution >= 0.6 is 0 Å². The van der Waals surface area contributed by atoms with Crippen LogP contribution in [-0.4, -0.2) is 35.4 Å². The Kier molecular flexibility index (Phi) is 7.65. The van der Waals surface area contributed by atoms with Crippen molar-refractivity contribution < 1.29 is 14.3 Å². The van der Waals surface area contributed by atoms with E-state index in [1.54, 1.807) is 18.9 Å². The van der Waals surface area contributed by atoms with Gasteiger partial charge in [-0.2, -0.15) is 0 Å². The van der Waals surface area contributed by atoms with Gasteiger partial charge in [0, 0.05) is 12.1 Å². The zero-order valence-corrected chi connectivity index (χ0v) is 19.2. The summed E-state index contributed by atoms with van der Waals surface area (Å²) in [5, 5.41) is 2.99. The zero-order chi connectivity index (χ0) is 22.5. The molecular weight excluding hydrogens is 376 g/mol. The van der Waals surface area contributed by atoms with Crippen molar-refractivity contribution in [2.75, 3.05) is 7.11 Å². The number of nitrogens with one attached hydrogen (secondary N) is 1. The predicted molar refractivity (Wildman–Crippen MR) is 121 cm³/mol. The van der Waals surface area contributed by atoms with Crippen molar-refractivity contribution in [3.8, 4) is 5.75 Å². The highest BCUT2D eigenvalue weighted by atomic mass is 16.5. The van der Waals surface area contributed by atoms with Gasteiger partial charge in [-0.15, -0.1) is 0 Å². The number of rotatable bonds is 7. The average molecular weight is 411 g/mol. The second kappa shape index (κ2) is 9.79. The van der Waals surface area contributed by atoms with Crippen molar-refractivity contribution in [1.82, 2.24) is 10.2 Å². The molecule has 2 amide bonds. The van der Waals surface area contributed by atoms with Crippen LogP contribution in [0.4, 0.5) is 0 Å². The summed E-state index contributed by atoms with van der Waals surface area (Å²) in [5.41, 5.74) is 3.83. The number of ether oxygens (including phenoxy) is 1. The van der Waals surface area contributed by atoms with Gasteiger partial charge in [0.2, 0.25) is 11.8 Å². The minimum Gasteiger partial charge on any atom is -0.497 e. The molecule has 1 N–H and O–H groups in total. The minimum absolute atomic E-state index is 0.0855. The molecule has 5 nitrogen and oxygen atoms in total. The summed E-state index contributed by atoms with van der Waals surface area (Å²) in [7, 11) is 1.61. The smallest absolute Gasteiger partial charge is 0.242 e. The van der Waals surface area contributed by atoms with Gasteiger partial charge in [-0.25, -0.2) is 0 Å². The van der Waals surface area contributed by atoms with Crippen LogP contribution in [0.25, 0.3) is 0 Å². The summed E-state index contributed by atoms with van der Waals surface area (Å²) in [6.07, 6.45) is 0.248. The Morgan fingerprint density at radius 1 is 1.03 bits per heavy atom. The maximum atomic E-state index is 13.3. The second-order valence-electron chi connectivity index (χ2n) is 8.88. The van der Waals surface area contributed by atoms with Crippen molar-refractivity contribution in [3.05, 3.63) is 64.7 Å².